The molecule has 0 aliphatic heterocycles. The van der Waals surface area contributed by atoms with Gasteiger partial charge in [0.25, 0.3) is 5.56 Å². The molecule has 0 saturated carbocycles. The van der Waals surface area contributed by atoms with Crippen molar-refractivity contribution in [1.82, 2.24) is 24.8 Å². The Balaban J connectivity index is 1.58. The van der Waals surface area contributed by atoms with Crippen LogP contribution in [0.25, 0.3) is 21.9 Å². The van der Waals surface area contributed by atoms with Gasteiger partial charge < -0.3 is 10.3 Å². The van der Waals surface area contributed by atoms with Crippen LogP contribution in [0.3, 0.4) is 0 Å². The van der Waals surface area contributed by atoms with Gasteiger partial charge in [0.15, 0.2) is 0 Å². The molecule has 0 fully saturated rings. The van der Waals surface area contributed by atoms with Crippen molar-refractivity contribution in [2.45, 2.75) is 39.8 Å². The molecular formula is C23H25N5O2. The Morgan fingerprint density at radius 3 is 2.73 bits per heavy atom. The number of hydrogen-bond donors (Lipinski definition) is 2. The molecule has 2 heterocycles. The highest BCUT2D eigenvalue weighted by Gasteiger charge is 2.20. The Labute approximate surface area is 174 Å². The predicted octanol–water partition coefficient (Wildman–Crippen LogP) is 3.48. The molecule has 0 aliphatic carbocycles. The number of carbonyl (C=O) groups excluding carboxylic acids is 1. The average molecular weight is 403 g/mol. The minimum atomic E-state index is -0.267. The third-order valence-corrected chi connectivity index (χ3v) is 5.15. The first-order chi connectivity index (χ1) is 14.4. The van der Waals surface area contributed by atoms with Crippen molar-refractivity contribution in [2.75, 3.05) is 0 Å². The number of nitrogens with one attached hydrogen (secondary N) is 2. The molecule has 4 rings (SSSR count). The van der Waals surface area contributed by atoms with Gasteiger partial charge in [0.05, 0.1) is 34.3 Å². The summed E-state index contributed by atoms with van der Waals surface area (Å²) < 4.78 is 1.35. The van der Waals surface area contributed by atoms with Crippen LogP contribution in [0.5, 0.6) is 0 Å². The third kappa shape index (κ3) is 3.96. The number of imidazole rings is 1. The van der Waals surface area contributed by atoms with E-state index >= 15 is 0 Å². The summed E-state index contributed by atoms with van der Waals surface area (Å²) in [4.78, 5) is 37.9. The maximum Gasteiger partial charge on any atom is 0.261 e. The molecule has 0 saturated heterocycles. The normalized spacial score (nSPS) is 12.5. The van der Waals surface area contributed by atoms with Crippen molar-refractivity contribution in [3.8, 4) is 0 Å². The van der Waals surface area contributed by atoms with Crippen LogP contribution in [0.1, 0.15) is 37.7 Å². The maximum atomic E-state index is 12.8. The van der Waals surface area contributed by atoms with Crippen LogP contribution in [-0.4, -0.2) is 25.4 Å². The fraction of sp³-hybridized carbons (Fsp3) is 0.304. The van der Waals surface area contributed by atoms with Crippen molar-refractivity contribution in [3.05, 3.63) is 70.5 Å². The van der Waals surface area contributed by atoms with Crippen LogP contribution in [0, 0.1) is 12.8 Å². The second kappa shape index (κ2) is 8.10. The van der Waals surface area contributed by atoms with Gasteiger partial charge in [0.1, 0.15) is 12.4 Å². The first-order valence-corrected chi connectivity index (χ1v) is 10.1. The number of benzene rings is 2. The first-order valence-electron chi connectivity index (χ1n) is 10.1. The average Bonchev–Trinajstić information content (AvgIpc) is 3.14. The van der Waals surface area contributed by atoms with Crippen LogP contribution < -0.4 is 10.9 Å². The molecule has 0 spiro atoms. The number of hydrogen-bond acceptors (Lipinski definition) is 4. The van der Waals surface area contributed by atoms with E-state index in [9.17, 15) is 9.59 Å². The van der Waals surface area contributed by atoms with Crippen LogP contribution in [0.15, 0.2) is 53.6 Å². The Morgan fingerprint density at radius 2 is 1.97 bits per heavy atom. The van der Waals surface area contributed by atoms with Gasteiger partial charge in [-0.05, 0) is 43.0 Å². The molecule has 7 heteroatoms. The summed E-state index contributed by atoms with van der Waals surface area (Å²) in [6, 6.07) is 13.0. The minimum absolute atomic E-state index is 0.0927. The molecule has 0 bridgehead atoms. The SMILES string of the molecule is Cc1cccc2c(=O)n(CC(=O)N[C@@H](CC(C)C)c3nc4ccccc4[nH]3)cnc12. The van der Waals surface area contributed by atoms with Gasteiger partial charge in [0, 0.05) is 0 Å². The fourth-order valence-corrected chi connectivity index (χ4v) is 3.69. The van der Waals surface area contributed by atoms with Gasteiger partial charge in [-0.2, -0.15) is 0 Å². The first kappa shape index (κ1) is 19.8. The molecule has 2 N–H and O–H groups in total. The molecule has 1 amide bonds. The molecule has 30 heavy (non-hydrogen) atoms. The topological polar surface area (TPSA) is 92.7 Å². The van der Waals surface area contributed by atoms with E-state index < -0.39 is 0 Å². The summed E-state index contributed by atoms with van der Waals surface area (Å²) in [6.45, 7) is 6.02. The number of amides is 1. The molecule has 2 aromatic heterocycles. The second-order valence-electron chi connectivity index (χ2n) is 8.04. The number of aryl methyl sites for hydroxylation is 1. The number of aromatic amines is 1. The summed E-state index contributed by atoms with van der Waals surface area (Å²) in [5.41, 5.74) is 3.17. The number of H-pyrrole nitrogens is 1. The predicted molar refractivity (Wildman–Crippen MR) is 117 cm³/mol. The number of fused-ring (bicyclic) bond motifs is 2. The van der Waals surface area contributed by atoms with Gasteiger partial charge in [-0.15, -0.1) is 0 Å². The zero-order chi connectivity index (χ0) is 21.3. The van der Waals surface area contributed by atoms with Gasteiger partial charge in [0.2, 0.25) is 5.91 Å². The van der Waals surface area contributed by atoms with Crippen molar-refractivity contribution in [2.24, 2.45) is 5.92 Å². The molecular weight excluding hydrogens is 378 g/mol. The monoisotopic (exact) mass is 403 g/mol. The maximum absolute atomic E-state index is 12.8. The molecule has 0 radical (unpaired) electrons. The van der Waals surface area contributed by atoms with Gasteiger partial charge >= 0.3 is 0 Å². The van der Waals surface area contributed by atoms with Gasteiger partial charge in [-0.3, -0.25) is 14.2 Å². The van der Waals surface area contributed by atoms with E-state index in [0.717, 1.165) is 28.8 Å². The van der Waals surface area contributed by atoms with Crippen molar-refractivity contribution in [3.63, 3.8) is 0 Å². The number of aromatic nitrogens is 4. The molecule has 1 atom stereocenters. The third-order valence-electron chi connectivity index (χ3n) is 5.15. The highest BCUT2D eigenvalue weighted by Crippen LogP contribution is 2.22. The zero-order valence-electron chi connectivity index (χ0n) is 17.3. The van der Waals surface area contributed by atoms with Gasteiger partial charge in [-0.25, -0.2) is 9.97 Å². The van der Waals surface area contributed by atoms with Crippen LogP contribution in [0.2, 0.25) is 0 Å². The lowest BCUT2D eigenvalue weighted by Crippen LogP contribution is -2.35. The van der Waals surface area contributed by atoms with E-state index in [2.05, 4.69) is 34.1 Å². The van der Waals surface area contributed by atoms with E-state index in [0.29, 0.717) is 16.8 Å². The number of para-hydroxylation sites is 3. The molecule has 7 nitrogen and oxygen atoms in total. The quantitative estimate of drug-likeness (QED) is 0.515. The van der Waals surface area contributed by atoms with E-state index in [1.165, 1.54) is 10.9 Å². The largest absolute Gasteiger partial charge is 0.345 e. The smallest absolute Gasteiger partial charge is 0.261 e. The highest BCUT2D eigenvalue weighted by atomic mass is 16.2. The molecule has 4 aromatic rings. The number of rotatable bonds is 6. The Kier molecular flexibility index (Phi) is 5.35. The van der Waals surface area contributed by atoms with Gasteiger partial charge in [-0.1, -0.05) is 38.1 Å². The fourth-order valence-electron chi connectivity index (χ4n) is 3.69. The Bertz CT molecular complexity index is 1240. The van der Waals surface area contributed by atoms with Crippen LogP contribution >= 0.6 is 0 Å². The standard InChI is InChI=1S/C23H25N5O2/c1-14(2)11-19(22-26-17-9-4-5-10-18(17)27-22)25-20(29)12-28-13-24-21-15(3)7-6-8-16(21)23(28)30/h4-10,13-14,19H,11-12H2,1-3H3,(H,25,29)(H,26,27)/t19-/m0/s1. The summed E-state index contributed by atoms with van der Waals surface area (Å²) >= 11 is 0. The summed E-state index contributed by atoms with van der Waals surface area (Å²) in [5.74, 6) is 0.825. The van der Waals surface area contributed by atoms with E-state index in [4.69, 9.17) is 0 Å². The molecule has 0 unspecified atom stereocenters. The number of carbonyl (C=O) groups is 1. The molecule has 0 aliphatic rings. The van der Waals surface area contributed by atoms with Crippen LogP contribution in [-0.2, 0) is 11.3 Å². The van der Waals surface area contributed by atoms with Crippen LogP contribution in [0.4, 0.5) is 0 Å². The second-order valence-corrected chi connectivity index (χ2v) is 8.04. The Hall–Kier alpha value is -3.48. The van der Waals surface area contributed by atoms with Crippen molar-refractivity contribution in [1.29, 1.82) is 0 Å². The molecule has 2 aromatic carbocycles. The van der Waals surface area contributed by atoms with E-state index in [1.807, 2.05) is 43.3 Å². The lowest BCUT2D eigenvalue weighted by Gasteiger charge is -2.19. The lowest BCUT2D eigenvalue weighted by molar-refractivity contribution is -0.122. The van der Waals surface area contributed by atoms with Crippen molar-refractivity contribution >= 4 is 27.8 Å². The minimum Gasteiger partial charge on any atom is -0.345 e. The van der Waals surface area contributed by atoms with E-state index in [-0.39, 0.29) is 24.1 Å². The summed E-state index contributed by atoms with van der Waals surface area (Å²) in [7, 11) is 0. The van der Waals surface area contributed by atoms with E-state index in [1.54, 1.807) is 6.07 Å². The zero-order valence-corrected chi connectivity index (χ0v) is 17.3. The number of nitrogens with zero attached hydrogens (tertiary/aromatic N) is 3. The Morgan fingerprint density at radius 1 is 1.17 bits per heavy atom. The molecule has 154 valence electrons. The highest BCUT2D eigenvalue weighted by molar-refractivity contribution is 5.81. The summed E-state index contributed by atoms with van der Waals surface area (Å²) in [6.07, 6.45) is 2.17. The lowest BCUT2D eigenvalue weighted by atomic mass is 10.0. The van der Waals surface area contributed by atoms with Crippen molar-refractivity contribution < 1.29 is 4.79 Å². The summed E-state index contributed by atoms with van der Waals surface area (Å²) in [5, 5.41) is 3.56.